The molecule has 4 heteroatoms. The fourth-order valence-electron chi connectivity index (χ4n) is 1.79. The predicted molar refractivity (Wildman–Crippen MR) is 79.3 cm³/mol. The molecule has 1 atom stereocenters. The lowest BCUT2D eigenvalue weighted by Gasteiger charge is -2.12. The minimum atomic E-state index is -0.586. The van der Waals surface area contributed by atoms with Crippen LogP contribution in [0.4, 0.5) is 0 Å². The Morgan fingerprint density at radius 3 is 3.16 bits per heavy atom. The number of terminal acetylenes is 1. The Morgan fingerprint density at radius 2 is 2.32 bits per heavy atom. The number of nitrogens with one attached hydrogen (secondary N) is 1. The van der Waals surface area contributed by atoms with Gasteiger partial charge in [-0.15, -0.1) is 17.8 Å². The van der Waals surface area contributed by atoms with Gasteiger partial charge in [-0.05, 0) is 34.5 Å². The third-order valence-corrected chi connectivity index (χ3v) is 3.69. The van der Waals surface area contributed by atoms with Crippen molar-refractivity contribution in [2.24, 2.45) is 0 Å². The van der Waals surface area contributed by atoms with E-state index in [4.69, 9.17) is 11.2 Å². The van der Waals surface area contributed by atoms with Gasteiger partial charge in [0.15, 0.2) is 0 Å². The van der Waals surface area contributed by atoms with Gasteiger partial charge in [0.2, 0.25) is 0 Å². The minimum Gasteiger partial charge on any atom is -0.386 e. The van der Waals surface area contributed by atoms with Crippen molar-refractivity contribution in [3.05, 3.63) is 35.2 Å². The van der Waals surface area contributed by atoms with E-state index in [0.717, 1.165) is 10.9 Å². The molecule has 0 amide bonds. The van der Waals surface area contributed by atoms with Crippen LogP contribution in [0.15, 0.2) is 29.6 Å². The zero-order valence-corrected chi connectivity index (χ0v) is 11.5. The van der Waals surface area contributed by atoms with E-state index in [2.05, 4.69) is 22.7 Å². The largest absolute Gasteiger partial charge is 0.386 e. The maximum atomic E-state index is 10.0. The summed E-state index contributed by atoms with van der Waals surface area (Å²) in [5, 5.41) is 16.3. The van der Waals surface area contributed by atoms with Crippen LogP contribution in [0.1, 0.15) is 11.7 Å². The van der Waals surface area contributed by atoms with Crippen LogP contribution in [0.2, 0.25) is 0 Å². The average molecular weight is 275 g/mol. The number of hydrogen-bond donors (Lipinski definition) is 2. The molecular formula is C15H17NO2S. The van der Waals surface area contributed by atoms with Gasteiger partial charge in [-0.3, -0.25) is 0 Å². The quantitative estimate of drug-likeness (QED) is 0.601. The molecular weight excluding hydrogens is 258 g/mol. The van der Waals surface area contributed by atoms with E-state index in [-0.39, 0.29) is 0 Å². The van der Waals surface area contributed by atoms with Gasteiger partial charge in [-0.1, -0.05) is 12.0 Å². The zero-order valence-electron chi connectivity index (χ0n) is 10.6. The highest BCUT2D eigenvalue weighted by molar-refractivity contribution is 7.17. The third-order valence-electron chi connectivity index (χ3n) is 2.79. The summed E-state index contributed by atoms with van der Waals surface area (Å²) in [4.78, 5) is 0. The molecule has 1 unspecified atom stereocenters. The topological polar surface area (TPSA) is 41.5 Å². The van der Waals surface area contributed by atoms with Crippen molar-refractivity contribution in [3.8, 4) is 12.3 Å². The fourth-order valence-corrected chi connectivity index (χ4v) is 2.56. The fraction of sp³-hybridized carbons (Fsp3) is 0.333. The van der Waals surface area contributed by atoms with Crippen molar-refractivity contribution in [1.29, 1.82) is 0 Å². The van der Waals surface area contributed by atoms with Crippen molar-refractivity contribution < 1.29 is 9.84 Å². The molecule has 0 bridgehead atoms. The normalized spacial score (nSPS) is 12.4. The van der Waals surface area contributed by atoms with E-state index in [1.54, 1.807) is 11.3 Å². The molecule has 1 heterocycles. The molecule has 0 radical (unpaired) electrons. The number of thiophene rings is 1. The highest BCUT2D eigenvalue weighted by Gasteiger charge is 2.08. The Hall–Kier alpha value is -1.38. The van der Waals surface area contributed by atoms with Crippen molar-refractivity contribution in [3.63, 3.8) is 0 Å². The van der Waals surface area contributed by atoms with Crippen molar-refractivity contribution >= 4 is 21.4 Å². The molecule has 0 saturated heterocycles. The van der Waals surface area contributed by atoms with Gasteiger partial charge < -0.3 is 15.2 Å². The Balaban J connectivity index is 1.79. The summed E-state index contributed by atoms with van der Waals surface area (Å²) in [7, 11) is 0. The molecule has 3 nitrogen and oxygen atoms in total. The summed E-state index contributed by atoms with van der Waals surface area (Å²) >= 11 is 1.70. The van der Waals surface area contributed by atoms with E-state index in [9.17, 15) is 5.11 Å². The SMILES string of the molecule is C#CCNCCOCC(O)c1ccc2sccc2c1. The smallest absolute Gasteiger partial charge is 0.102 e. The molecule has 0 saturated carbocycles. The molecule has 0 aliphatic rings. The Morgan fingerprint density at radius 1 is 1.42 bits per heavy atom. The van der Waals surface area contributed by atoms with Gasteiger partial charge >= 0.3 is 0 Å². The summed E-state index contributed by atoms with van der Waals surface area (Å²) in [6, 6.07) is 8.05. The summed E-state index contributed by atoms with van der Waals surface area (Å²) < 4.78 is 6.64. The lowest BCUT2D eigenvalue weighted by atomic mass is 10.1. The van der Waals surface area contributed by atoms with Crippen LogP contribution < -0.4 is 5.32 Å². The number of rotatable bonds is 7. The second-order valence-electron chi connectivity index (χ2n) is 4.19. The van der Waals surface area contributed by atoms with Crippen LogP contribution in [-0.2, 0) is 4.74 Å². The molecule has 19 heavy (non-hydrogen) atoms. The summed E-state index contributed by atoms with van der Waals surface area (Å²) in [6.45, 7) is 2.08. The van der Waals surface area contributed by atoms with Crippen LogP contribution >= 0.6 is 11.3 Å². The summed E-state index contributed by atoms with van der Waals surface area (Å²) in [5.74, 6) is 2.49. The maximum Gasteiger partial charge on any atom is 0.102 e. The van der Waals surface area contributed by atoms with E-state index >= 15 is 0 Å². The molecule has 100 valence electrons. The molecule has 0 fully saturated rings. The van der Waals surface area contributed by atoms with Crippen LogP contribution in [0.3, 0.4) is 0 Å². The first-order chi connectivity index (χ1) is 9.31. The molecule has 2 N–H and O–H groups in total. The van der Waals surface area contributed by atoms with Gasteiger partial charge in [0.1, 0.15) is 6.10 Å². The zero-order chi connectivity index (χ0) is 13.5. The van der Waals surface area contributed by atoms with E-state index in [0.29, 0.717) is 26.3 Å². The molecule has 2 rings (SSSR count). The Kier molecular flexibility index (Phi) is 5.37. The lowest BCUT2D eigenvalue weighted by molar-refractivity contribution is 0.0377. The minimum absolute atomic E-state index is 0.299. The average Bonchev–Trinajstić information content (AvgIpc) is 2.89. The first-order valence-electron chi connectivity index (χ1n) is 6.18. The standard InChI is InChI=1S/C15H17NO2S/c1-2-6-16-7-8-18-11-14(17)12-3-4-15-13(10-12)5-9-19-15/h1,3-5,9-10,14,16-17H,6-8,11H2. The van der Waals surface area contributed by atoms with Crippen LogP contribution in [0.25, 0.3) is 10.1 Å². The van der Waals surface area contributed by atoms with Crippen molar-refractivity contribution in [2.45, 2.75) is 6.10 Å². The highest BCUT2D eigenvalue weighted by Crippen LogP contribution is 2.24. The number of aliphatic hydroxyl groups excluding tert-OH is 1. The second-order valence-corrected chi connectivity index (χ2v) is 5.14. The molecule has 0 aliphatic heterocycles. The van der Waals surface area contributed by atoms with E-state index < -0.39 is 6.10 Å². The lowest BCUT2D eigenvalue weighted by Crippen LogP contribution is -2.21. The Bertz CT molecular complexity index is 559. The number of hydrogen-bond acceptors (Lipinski definition) is 4. The van der Waals surface area contributed by atoms with Crippen molar-refractivity contribution in [2.75, 3.05) is 26.3 Å². The van der Waals surface area contributed by atoms with Crippen LogP contribution in [0, 0.1) is 12.3 Å². The van der Waals surface area contributed by atoms with Gasteiger partial charge in [-0.2, -0.15) is 0 Å². The highest BCUT2D eigenvalue weighted by atomic mass is 32.1. The first-order valence-corrected chi connectivity index (χ1v) is 7.06. The Labute approximate surface area is 117 Å². The van der Waals surface area contributed by atoms with Gasteiger partial charge in [0.05, 0.1) is 19.8 Å². The van der Waals surface area contributed by atoms with Gasteiger partial charge in [0.25, 0.3) is 0 Å². The van der Waals surface area contributed by atoms with Gasteiger partial charge in [0, 0.05) is 11.2 Å². The molecule has 0 spiro atoms. The predicted octanol–water partition coefficient (Wildman–Crippen LogP) is 2.17. The molecule has 2 aromatic rings. The number of fused-ring (bicyclic) bond motifs is 1. The number of aliphatic hydroxyl groups is 1. The van der Waals surface area contributed by atoms with Crippen LogP contribution in [0.5, 0.6) is 0 Å². The number of ether oxygens (including phenoxy) is 1. The first kappa shape index (κ1) is 14.0. The van der Waals surface area contributed by atoms with Gasteiger partial charge in [-0.25, -0.2) is 0 Å². The molecule has 1 aromatic heterocycles. The summed E-state index contributed by atoms with van der Waals surface area (Å²) in [6.07, 6.45) is 4.53. The maximum absolute atomic E-state index is 10.0. The van der Waals surface area contributed by atoms with Crippen molar-refractivity contribution in [1.82, 2.24) is 5.32 Å². The second kappa shape index (κ2) is 7.27. The van der Waals surface area contributed by atoms with Crippen LogP contribution in [-0.4, -0.2) is 31.4 Å². The van der Waals surface area contributed by atoms with E-state index in [1.807, 2.05) is 18.2 Å². The molecule has 1 aromatic carbocycles. The van der Waals surface area contributed by atoms with E-state index in [1.165, 1.54) is 4.70 Å². The summed E-state index contributed by atoms with van der Waals surface area (Å²) in [5.41, 5.74) is 0.891. The number of benzene rings is 1. The third kappa shape index (κ3) is 4.05. The monoisotopic (exact) mass is 275 g/mol. The molecule has 0 aliphatic carbocycles.